The van der Waals surface area contributed by atoms with Crippen LogP contribution in [0.15, 0.2) is 0 Å². The van der Waals surface area contributed by atoms with Gasteiger partial charge in [0.15, 0.2) is 20.0 Å². The minimum absolute atomic E-state index is 0.0302. The van der Waals surface area contributed by atoms with Crippen LogP contribution in [0, 0.1) is 0 Å². The zero-order valence-corrected chi connectivity index (χ0v) is 21.0. The first-order chi connectivity index (χ1) is 19.4. The van der Waals surface area contributed by atoms with Crippen molar-refractivity contribution in [2.45, 2.75) is 80.0 Å². The molecule has 3 saturated heterocycles. The molecule has 3 fully saturated rings. The standard InChI is InChI=1S/C6H9F3O.2C5H7F3O.C3F8.2F2/c7-4-6(8,9)2-1-5-3-10-5;2*6-3-5(7,8)1-4-2-9-4;4-1(5,2(6,7)8)3(9,10)11;2*1-2/h5H,1-4H2;2*4H,1-3H2;;;. The highest BCUT2D eigenvalue weighted by Gasteiger charge is 2.74. The zero-order chi connectivity index (χ0) is 34.9. The third kappa shape index (κ3) is 23.5. The summed E-state index contributed by atoms with van der Waals surface area (Å²) in [6, 6.07) is 0. The van der Waals surface area contributed by atoms with Gasteiger partial charge in [0, 0.05) is 37.6 Å². The first kappa shape index (κ1) is 45.8. The lowest BCUT2D eigenvalue weighted by molar-refractivity contribution is -0.389. The molecule has 0 aromatic heterocycles. The Morgan fingerprint density at radius 1 is 0.442 bits per heavy atom. The largest absolute Gasteiger partial charge is 0.463 e. The minimum atomic E-state index is -6.62. The molecule has 3 atom stereocenters. The van der Waals surface area contributed by atoms with Crippen molar-refractivity contribution in [3.63, 3.8) is 0 Å². The van der Waals surface area contributed by atoms with Crippen molar-refractivity contribution in [2.24, 2.45) is 0 Å². The Labute approximate surface area is 228 Å². The number of ether oxygens (including phenoxy) is 3. The quantitative estimate of drug-likeness (QED) is 0.169. The molecule has 0 amide bonds. The van der Waals surface area contributed by atoms with Gasteiger partial charge in [-0.1, -0.05) is 0 Å². The van der Waals surface area contributed by atoms with Crippen molar-refractivity contribution >= 4 is 0 Å². The van der Waals surface area contributed by atoms with Gasteiger partial charge < -0.3 is 14.2 Å². The number of halogens is 21. The molecule has 264 valence electrons. The van der Waals surface area contributed by atoms with Gasteiger partial charge in [0.2, 0.25) is 0 Å². The summed E-state index contributed by atoms with van der Waals surface area (Å²) in [5, 5.41) is 0. The van der Waals surface area contributed by atoms with Crippen LogP contribution in [0.3, 0.4) is 0 Å². The lowest BCUT2D eigenvalue weighted by Gasteiger charge is -2.21. The number of hydrogen-bond donors (Lipinski definition) is 0. The highest BCUT2D eigenvalue weighted by Crippen LogP contribution is 2.47. The maximum absolute atomic E-state index is 12.1. The molecule has 43 heavy (non-hydrogen) atoms. The van der Waals surface area contributed by atoms with Gasteiger partial charge in [-0.15, -0.1) is 0 Å². The van der Waals surface area contributed by atoms with E-state index in [1.54, 1.807) is 0 Å². The summed E-state index contributed by atoms with van der Waals surface area (Å²) < 4.78 is 240. The predicted molar refractivity (Wildman–Crippen MR) is 102 cm³/mol. The van der Waals surface area contributed by atoms with Gasteiger partial charge in [-0.25, -0.2) is 39.5 Å². The Bertz CT molecular complexity index is 646. The van der Waals surface area contributed by atoms with Crippen LogP contribution in [-0.2, 0) is 14.2 Å². The molecule has 0 bridgehead atoms. The molecule has 3 rings (SSSR count). The number of epoxide rings is 3. The lowest BCUT2D eigenvalue weighted by Crippen LogP contribution is -2.49. The first-order valence-electron chi connectivity index (χ1n) is 10.9. The van der Waals surface area contributed by atoms with Gasteiger partial charge in [-0.3, -0.25) is 0 Å². The fourth-order valence-electron chi connectivity index (χ4n) is 1.98. The van der Waals surface area contributed by atoms with Crippen molar-refractivity contribution in [3.8, 4) is 0 Å². The van der Waals surface area contributed by atoms with Gasteiger partial charge in [-0.05, 0) is 6.42 Å². The maximum atomic E-state index is 12.1. The highest BCUT2D eigenvalue weighted by atomic mass is 20.0. The molecule has 0 spiro atoms. The van der Waals surface area contributed by atoms with Crippen LogP contribution in [0.5, 0.6) is 0 Å². The van der Waals surface area contributed by atoms with Gasteiger partial charge >= 0.3 is 18.3 Å². The van der Waals surface area contributed by atoms with Gasteiger partial charge in [0.05, 0.1) is 38.1 Å². The van der Waals surface area contributed by atoms with Crippen LogP contribution < -0.4 is 0 Å². The topological polar surface area (TPSA) is 37.6 Å². The van der Waals surface area contributed by atoms with Crippen molar-refractivity contribution in [2.75, 3.05) is 39.8 Å². The van der Waals surface area contributed by atoms with Crippen LogP contribution >= 0.6 is 0 Å². The van der Waals surface area contributed by atoms with E-state index in [1.807, 2.05) is 0 Å². The fraction of sp³-hybridized carbons (Fsp3) is 1.00. The molecule has 0 aromatic carbocycles. The van der Waals surface area contributed by atoms with Crippen LogP contribution in [0.1, 0.15) is 25.7 Å². The number of rotatable bonds is 10. The van der Waals surface area contributed by atoms with Gasteiger partial charge in [-0.2, -0.15) is 35.1 Å². The lowest BCUT2D eigenvalue weighted by atomic mass is 10.1. The van der Waals surface area contributed by atoms with Crippen molar-refractivity contribution in [1.29, 1.82) is 0 Å². The molecule has 0 aromatic rings. The van der Waals surface area contributed by atoms with Gasteiger partial charge in [0.25, 0.3) is 17.8 Å². The summed E-state index contributed by atoms with van der Waals surface area (Å²) in [6.45, 7) is -3.44. The molecule has 3 unspecified atom stereocenters. The molecule has 0 radical (unpaired) electrons. The molecule has 0 aliphatic carbocycles. The van der Waals surface area contributed by atoms with Crippen molar-refractivity contribution in [3.05, 3.63) is 0 Å². The van der Waals surface area contributed by atoms with E-state index in [0.29, 0.717) is 19.8 Å². The smallest absolute Gasteiger partial charge is 0.373 e. The second-order valence-corrected chi connectivity index (χ2v) is 8.35. The second kappa shape index (κ2) is 19.7. The average molecular weight is 698 g/mol. The van der Waals surface area contributed by atoms with E-state index in [-0.39, 0.29) is 12.5 Å². The van der Waals surface area contributed by atoms with E-state index in [1.165, 1.54) is 0 Å². The van der Waals surface area contributed by atoms with E-state index < -0.39 is 87.5 Å². The summed E-state index contributed by atoms with van der Waals surface area (Å²) in [6.07, 6.45) is -15.0. The second-order valence-electron chi connectivity index (χ2n) is 8.35. The molecule has 0 saturated carbocycles. The summed E-state index contributed by atoms with van der Waals surface area (Å²) in [4.78, 5) is 0. The Hall–Kier alpha value is -1.59. The number of hydrogen-bond acceptors (Lipinski definition) is 3. The monoisotopic (exact) mass is 698 g/mol. The minimum Gasteiger partial charge on any atom is -0.373 e. The normalized spacial score (nSPS) is 21.0. The molecular formula is C19H23F21O3. The Balaban J connectivity index is -0.000000477. The van der Waals surface area contributed by atoms with Crippen molar-refractivity contribution in [1.82, 2.24) is 0 Å². The first-order valence-corrected chi connectivity index (χ1v) is 10.9. The maximum Gasteiger partial charge on any atom is 0.463 e. The molecule has 3 aliphatic heterocycles. The average Bonchev–Trinajstić information content (AvgIpc) is 3.74. The summed E-state index contributed by atoms with van der Waals surface area (Å²) in [5.74, 6) is -16.1. The van der Waals surface area contributed by atoms with Crippen LogP contribution in [-0.4, -0.2) is 94.2 Å². The van der Waals surface area contributed by atoms with E-state index in [2.05, 4.69) is 9.47 Å². The summed E-state index contributed by atoms with van der Waals surface area (Å²) >= 11 is 0. The van der Waals surface area contributed by atoms with E-state index in [9.17, 15) is 74.6 Å². The third-order valence-corrected chi connectivity index (χ3v) is 4.39. The SMILES string of the molecule is FC(F)(F)C(F)(F)C(F)(F)F.FCC(F)(F)CC1CO1.FCC(F)(F)CC1CO1.FCC(F)(F)CCC1CO1.FF.FF. The van der Waals surface area contributed by atoms with Gasteiger partial charge in [0.1, 0.15) is 0 Å². The van der Waals surface area contributed by atoms with Crippen LogP contribution in [0.4, 0.5) is 92.9 Å². The van der Waals surface area contributed by atoms with E-state index in [4.69, 9.17) is 23.0 Å². The third-order valence-electron chi connectivity index (χ3n) is 4.39. The molecule has 24 heteroatoms. The Morgan fingerprint density at radius 2 is 0.698 bits per heavy atom. The number of alkyl halides is 17. The highest BCUT2D eigenvalue weighted by molar-refractivity contribution is 4.83. The predicted octanol–water partition coefficient (Wildman–Crippen LogP) is 8.96. The molecule has 3 heterocycles. The van der Waals surface area contributed by atoms with Crippen LogP contribution in [0.2, 0.25) is 0 Å². The zero-order valence-electron chi connectivity index (χ0n) is 21.0. The molecule has 0 N–H and O–H groups in total. The van der Waals surface area contributed by atoms with Crippen molar-refractivity contribution < 1.29 is 107 Å². The Kier molecular flexibility index (Phi) is 21.0. The molecule has 3 aliphatic rings. The molecular weight excluding hydrogens is 675 g/mol. The van der Waals surface area contributed by atoms with Crippen LogP contribution in [0.25, 0.3) is 0 Å². The summed E-state index contributed by atoms with van der Waals surface area (Å²) in [5.41, 5.74) is 0. The van der Waals surface area contributed by atoms with E-state index in [0.717, 1.165) is 0 Å². The van der Waals surface area contributed by atoms with E-state index >= 15 is 0 Å². The fourth-order valence-corrected chi connectivity index (χ4v) is 1.98. The molecule has 3 nitrogen and oxygen atoms in total. The summed E-state index contributed by atoms with van der Waals surface area (Å²) in [7, 11) is 0. The Morgan fingerprint density at radius 3 is 0.860 bits per heavy atom.